The minimum Gasteiger partial charge on any atom is -0.0625 e. The minimum atomic E-state index is 1.02. The highest BCUT2D eigenvalue weighted by molar-refractivity contribution is 4.84. The molecular weight excluding hydrogens is 144 g/mol. The zero-order chi connectivity index (χ0) is 8.55. The van der Waals surface area contributed by atoms with E-state index < -0.39 is 0 Å². The molecule has 2 saturated carbocycles. The van der Waals surface area contributed by atoms with Gasteiger partial charge in [0.25, 0.3) is 0 Å². The molecule has 0 bridgehead atoms. The van der Waals surface area contributed by atoms with Gasteiger partial charge in [0.05, 0.1) is 0 Å². The third kappa shape index (κ3) is 1.67. The second kappa shape index (κ2) is 3.40. The Morgan fingerprint density at radius 2 is 1.42 bits per heavy atom. The Labute approximate surface area is 76.7 Å². The quantitative estimate of drug-likeness (QED) is 0.512. The first-order valence-corrected chi connectivity index (χ1v) is 5.75. The molecule has 2 aliphatic carbocycles. The molecule has 3 unspecified atom stereocenters. The molecule has 4 atom stereocenters. The van der Waals surface area contributed by atoms with E-state index in [0.717, 1.165) is 23.7 Å². The van der Waals surface area contributed by atoms with E-state index in [1.807, 2.05) is 0 Å². The van der Waals surface area contributed by atoms with Gasteiger partial charge in [-0.25, -0.2) is 0 Å². The smallest absolute Gasteiger partial charge is 0.0381 e. The van der Waals surface area contributed by atoms with Crippen LogP contribution in [0.5, 0.6) is 0 Å². The molecule has 0 heterocycles. The fourth-order valence-corrected chi connectivity index (χ4v) is 3.52. The maximum atomic E-state index is 2.45. The van der Waals surface area contributed by atoms with E-state index in [1.54, 1.807) is 6.42 Å². The van der Waals surface area contributed by atoms with Crippen molar-refractivity contribution in [1.29, 1.82) is 0 Å². The fraction of sp³-hybridized carbons (Fsp3) is 1.00. The first-order valence-electron chi connectivity index (χ1n) is 5.75. The molecule has 0 aromatic carbocycles. The Morgan fingerprint density at radius 1 is 0.750 bits per heavy atom. The lowest BCUT2D eigenvalue weighted by atomic mass is 9.89. The molecule has 0 radical (unpaired) electrons. The van der Waals surface area contributed by atoms with Crippen molar-refractivity contribution in [2.24, 2.45) is 23.7 Å². The van der Waals surface area contributed by atoms with Crippen molar-refractivity contribution in [2.45, 2.75) is 52.4 Å². The lowest BCUT2D eigenvalue weighted by Crippen LogP contribution is -2.07. The van der Waals surface area contributed by atoms with Gasteiger partial charge in [-0.05, 0) is 42.9 Å². The van der Waals surface area contributed by atoms with Gasteiger partial charge in [0.15, 0.2) is 0 Å². The Hall–Kier alpha value is 0. The molecular formula is C12H22. The van der Waals surface area contributed by atoms with E-state index in [0.29, 0.717) is 0 Å². The number of rotatable bonds is 0. The normalized spacial score (nSPS) is 48.5. The highest BCUT2D eigenvalue weighted by atomic mass is 14.4. The molecule has 0 aromatic rings. The van der Waals surface area contributed by atoms with Crippen LogP contribution in [-0.2, 0) is 0 Å². The van der Waals surface area contributed by atoms with Gasteiger partial charge < -0.3 is 0 Å². The summed E-state index contributed by atoms with van der Waals surface area (Å²) in [7, 11) is 0. The van der Waals surface area contributed by atoms with Crippen LogP contribution in [0.1, 0.15) is 52.4 Å². The Balaban J connectivity index is 1.99. The zero-order valence-electron chi connectivity index (χ0n) is 8.55. The molecule has 70 valence electrons. The van der Waals surface area contributed by atoms with Crippen LogP contribution in [0.3, 0.4) is 0 Å². The molecule has 2 rings (SSSR count). The van der Waals surface area contributed by atoms with Crippen LogP contribution in [0, 0.1) is 23.7 Å². The molecule has 0 amide bonds. The van der Waals surface area contributed by atoms with Crippen molar-refractivity contribution in [3.05, 3.63) is 0 Å². The Kier molecular flexibility index (Phi) is 2.43. The predicted octanol–water partition coefficient (Wildman–Crippen LogP) is 3.86. The summed E-state index contributed by atoms with van der Waals surface area (Å²) in [6.45, 7) is 4.89. The third-order valence-corrected chi connectivity index (χ3v) is 4.05. The van der Waals surface area contributed by atoms with Gasteiger partial charge in [0, 0.05) is 0 Å². The van der Waals surface area contributed by atoms with E-state index in [4.69, 9.17) is 0 Å². The summed E-state index contributed by atoms with van der Waals surface area (Å²) in [6, 6.07) is 0. The zero-order valence-corrected chi connectivity index (χ0v) is 8.55. The third-order valence-electron chi connectivity index (χ3n) is 4.05. The standard InChI is InChI=1S/C12H22/c1-9-4-3-5-11-7-10(2)8-12(11)6-9/h9-12H,3-8H2,1-2H3/t9-,10?,11?,12?/m1/s1. The Bertz CT molecular complexity index is 150. The van der Waals surface area contributed by atoms with E-state index in [-0.39, 0.29) is 0 Å². The number of fused-ring (bicyclic) bond motifs is 1. The number of hydrogen-bond donors (Lipinski definition) is 0. The van der Waals surface area contributed by atoms with Gasteiger partial charge in [-0.15, -0.1) is 0 Å². The van der Waals surface area contributed by atoms with Crippen molar-refractivity contribution in [1.82, 2.24) is 0 Å². The average Bonchev–Trinajstić information content (AvgIpc) is 2.23. The van der Waals surface area contributed by atoms with Gasteiger partial charge in [0.1, 0.15) is 0 Å². The van der Waals surface area contributed by atoms with Crippen molar-refractivity contribution in [3.8, 4) is 0 Å². The van der Waals surface area contributed by atoms with E-state index in [2.05, 4.69) is 13.8 Å². The molecule has 0 saturated heterocycles. The Morgan fingerprint density at radius 3 is 2.25 bits per heavy atom. The van der Waals surface area contributed by atoms with Gasteiger partial charge in [-0.2, -0.15) is 0 Å². The van der Waals surface area contributed by atoms with Crippen LogP contribution in [-0.4, -0.2) is 0 Å². The maximum absolute atomic E-state index is 2.45. The van der Waals surface area contributed by atoms with Gasteiger partial charge in [0.2, 0.25) is 0 Å². The summed E-state index contributed by atoms with van der Waals surface area (Å²) in [5.74, 6) is 4.28. The largest absolute Gasteiger partial charge is 0.0625 e. The molecule has 0 aliphatic heterocycles. The lowest BCUT2D eigenvalue weighted by molar-refractivity contribution is 0.339. The molecule has 0 nitrogen and oxygen atoms in total. The molecule has 2 aliphatic rings. The summed E-state index contributed by atoms with van der Waals surface area (Å²) in [5, 5.41) is 0. The monoisotopic (exact) mass is 166 g/mol. The molecule has 12 heavy (non-hydrogen) atoms. The summed E-state index contributed by atoms with van der Waals surface area (Å²) < 4.78 is 0. The van der Waals surface area contributed by atoms with Crippen molar-refractivity contribution in [3.63, 3.8) is 0 Å². The van der Waals surface area contributed by atoms with E-state index in [9.17, 15) is 0 Å². The van der Waals surface area contributed by atoms with Crippen LogP contribution >= 0.6 is 0 Å². The van der Waals surface area contributed by atoms with Crippen LogP contribution in [0.15, 0.2) is 0 Å². The van der Waals surface area contributed by atoms with Crippen molar-refractivity contribution >= 4 is 0 Å². The molecule has 0 aromatic heterocycles. The summed E-state index contributed by atoms with van der Waals surface area (Å²) in [5.41, 5.74) is 0. The number of hydrogen-bond acceptors (Lipinski definition) is 0. The van der Waals surface area contributed by atoms with Gasteiger partial charge >= 0.3 is 0 Å². The topological polar surface area (TPSA) is 0 Å². The molecule has 2 fully saturated rings. The highest BCUT2D eigenvalue weighted by Gasteiger charge is 2.33. The first-order chi connectivity index (χ1) is 5.75. The predicted molar refractivity (Wildman–Crippen MR) is 53.0 cm³/mol. The van der Waals surface area contributed by atoms with Crippen LogP contribution in [0.25, 0.3) is 0 Å². The first kappa shape index (κ1) is 8.59. The lowest BCUT2D eigenvalue weighted by Gasteiger charge is -2.16. The summed E-state index contributed by atoms with van der Waals surface area (Å²) in [6.07, 6.45) is 9.16. The van der Waals surface area contributed by atoms with Crippen LogP contribution < -0.4 is 0 Å². The minimum absolute atomic E-state index is 1.02. The second-order valence-electron chi connectivity index (χ2n) is 5.37. The SMILES string of the molecule is CC1CC2CCC[C@@H](C)CC2C1. The summed E-state index contributed by atoms with van der Waals surface area (Å²) in [4.78, 5) is 0. The molecule has 0 heteroatoms. The summed E-state index contributed by atoms with van der Waals surface area (Å²) >= 11 is 0. The molecule has 0 spiro atoms. The van der Waals surface area contributed by atoms with E-state index >= 15 is 0 Å². The average molecular weight is 166 g/mol. The van der Waals surface area contributed by atoms with Crippen molar-refractivity contribution < 1.29 is 0 Å². The van der Waals surface area contributed by atoms with Gasteiger partial charge in [-0.1, -0.05) is 33.1 Å². The van der Waals surface area contributed by atoms with Crippen molar-refractivity contribution in [2.75, 3.05) is 0 Å². The van der Waals surface area contributed by atoms with Gasteiger partial charge in [-0.3, -0.25) is 0 Å². The van der Waals surface area contributed by atoms with Crippen LogP contribution in [0.2, 0.25) is 0 Å². The second-order valence-corrected chi connectivity index (χ2v) is 5.37. The molecule has 0 N–H and O–H groups in total. The van der Waals surface area contributed by atoms with E-state index in [1.165, 1.54) is 32.1 Å². The van der Waals surface area contributed by atoms with Crippen LogP contribution in [0.4, 0.5) is 0 Å². The maximum Gasteiger partial charge on any atom is -0.0381 e. The fourth-order valence-electron chi connectivity index (χ4n) is 3.52. The highest BCUT2D eigenvalue weighted by Crippen LogP contribution is 2.45.